The third-order valence-electron chi connectivity index (χ3n) is 3.67. The number of halogens is 2. The van der Waals surface area contributed by atoms with Crippen molar-refractivity contribution >= 4 is 27.5 Å². The van der Waals surface area contributed by atoms with E-state index in [2.05, 4.69) is 31.4 Å². The number of benzene rings is 2. The maximum Gasteiger partial charge on any atom is 0.284 e. The smallest absolute Gasteiger partial charge is 0.284 e. The fourth-order valence-corrected chi connectivity index (χ4v) is 2.65. The molecule has 1 aromatic heterocycles. The van der Waals surface area contributed by atoms with Gasteiger partial charge in [-0.2, -0.15) is 4.98 Å². The van der Waals surface area contributed by atoms with E-state index in [-0.39, 0.29) is 33.3 Å². The molecule has 0 fully saturated rings. The number of nitrogens with one attached hydrogen (secondary N) is 1. The first kappa shape index (κ1) is 18.6. The van der Waals surface area contributed by atoms with Crippen LogP contribution in [0, 0.1) is 15.9 Å². The summed E-state index contributed by atoms with van der Waals surface area (Å²) in [6.45, 7) is 1.63. The molecule has 0 aliphatic carbocycles. The third-order valence-corrected chi connectivity index (χ3v) is 4.34. The maximum atomic E-state index is 13.0. The molecule has 0 aliphatic rings. The SMILES string of the molecule is CC(NC(=O)c1ccc(Br)c([N+](=O)[O-])c1)c1nc(-c2ccc(F)cc2)no1. The molecular formula is C17H12BrFN4O4. The van der Waals surface area contributed by atoms with Crippen molar-refractivity contribution in [3.63, 3.8) is 0 Å². The van der Waals surface area contributed by atoms with Crippen molar-refractivity contribution in [2.24, 2.45) is 0 Å². The van der Waals surface area contributed by atoms with Crippen LogP contribution in [-0.2, 0) is 0 Å². The summed E-state index contributed by atoms with van der Waals surface area (Å²) >= 11 is 3.07. The van der Waals surface area contributed by atoms with E-state index in [0.717, 1.165) is 0 Å². The fourth-order valence-electron chi connectivity index (χ4n) is 2.26. The third kappa shape index (κ3) is 4.17. The molecule has 0 spiro atoms. The molecule has 0 saturated carbocycles. The first-order valence-corrected chi connectivity index (χ1v) is 8.49. The van der Waals surface area contributed by atoms with E-state index in [1.165, 1.54) is 42.5 Å². The number of hydrogen-bond acceptors (Lipinski definition) is 6. The van der Waals surface area contributed by atoms with Gasteiger partial charge in [0.25, 0.3) is 11.6 Å². The van der Waals surface area contributed by atoms with Crippen LogP contribution in [0.5, 0.6) is 0 Å². The largest absolute Gasteiger partial charge is 0.341 e. The molecular weight excluding hydrogens is 423 g/mol. The van der Waals surface area contributed by atoms with Crippen molar-refractivity contribution in [2.45, 2.75) is 13.0 Å². The van der Waals surface area contributed by atoms with Gasteiger partial charge in [-0.05, 0) is 59.3 Å². The lowest BCUT2D eigenvalue weighted by Crippen LogP contribution is -2.26. The normalized spacial score (nSPS) is 11.8. The van der Waals surface area contributed by atoms with Crippen LogP contribution in [0.2, 0.25) is 0 Å². The van der Waals surface area contributed by atoms with Crippen molar-refractivity contribution in [3.8, 4) is 11.4 Å². The number of rotatable bonds is 5. The highest BCUT2D eigenvalue weighted by Gasteiger charge is 2.20. The first-order valence-electron chi connectivity index (χ1n) is 7.69. The van der Waals surface area contributed by atoms with Crippen molar-refractivity contribution < 1.29 is 18.6 Å². The summed E-state index contributed by atoms with van der Waals surface area (Å²) in [6, 6.07) is 8.98. The highest BCUT2D eigenvalue weighted by molar-refractivity contribution is 9.10. The quantitative estimate of drug-likeness (QED) is 0.479. The second-order valence-corrected chi connectivity index (χ2v) is 6.44. The Labute approximate surface area is 160 Å². The molecule has 0 bridgehead atoms. The average Bonchev–Trinajstić information content (AvgIpc) is 3.12. The summed E-state index contributed by atoms with van der Waals surface area (Å²) in [7, 11) is 0. The van der Waals surface area contributed by atoms with E-state index in [9.17, 15) is 19.3 Å². The molecule has 27 heavy (non-hydrogen) atoms. The van der Waals surface area contributed by atoms with Gasteiger partial charge in [0.05, 0.1) is 9.40 Å². The van der Waals surface area contributed by atoms with Crippen LogP contribution >= 0.6 is 15.9 Å². The number of aromatic nitrogens is 2. The molecule has 3 aromatic rings. The summed E-state index contributed by atoms with van der Waals surface area (Å²) in [5.41, 5.74) is 0.468. The zero-order valence-corrected chi connectivity index (χ0v) is 15.4. The number of nitro benzene ring substituents is 1. The summed E-state index contributed by atoms with van der Waals surface area (Å²) in [4.78, 5) is 26.9. The van der Waals surface area contributed by atoms with Crippen LogP contribution in [0.15, 0.2) is 51.5 Å². The van der Waals surface area contributed by atoms with Gasteiger partial charge < -0.3 is 9.84 Å². The van der Waals surface area contributed by atoms with E-state index < -0.39 is 16.9 Å². The minimum Gasteiger partial charge on any atom is -0.341 e. The second-order valence-electron chi connectivity index (χ2n) is 5.58. The zero-order valence-electron chi connectivity index (χ0n) is 13.8. The van der Waals surface area contributed by atoms with E-state index in [1.54, 1.807) is 6.92 Å². The van der Waals surface area contributed by atoms with Gasteiger partial charge in [-0.25, -0.2) is 4.39 Å². The minimum atomic E-state index is -0.637. The number of amides is 1. The van der Waals surface area contributed by atoms with Gasteiger partial charge >= 0.3 is 0 Å². The lowest BCUT2D eigenvalue weighted by molar-refractivity contribution is -0.385. The van der Waals surface area contributed by atoms with Crippen LogP contribution in [0.4, 0.5) is 10.1 Å². The molecule has 1 unspecified atom stereocenters. The van der Waals surface area contributed by atoms with Gasteiger partial charge in [0.2, 0.25) is 11.7 Å². The number of nitrogens with zero attached hydrogens (tertiary/aromatic N) is 3. The molecule has 1 N–H and O–H groups in total. The van der Waals surface area contributed by atoms with E-state index in [1.807, 2.05) is 0 Å². The monoisotopic (exact) mass is 434 g/mol. The van der Waals surface area contributed by atoms with Crippen molar-refractivity contribution in [1.29, 1.82) is 0 Å². The van der Waals surface area contributed by atoms with Gasteiger partial charge in [0.15, 0.2) is 0 Å². The molecule has 0 saturated heterocycles. The molecule has 0 aliphatic heterocycles. The van der Waals surface area contributed by atoms with Crippen molar-refractivity contribution in [3.05, 3.63) is 74.3 Å². The average molecular weight is 435 g/mol. The van der Waals surface area contributed by atoms with E-state index in [4.69, 9.17) is 4.52 Å². The predicted octanol–water partition coefficient (Wildman–Crippen LogP) is 4.04. The van der Waals surface area contributed by atoms with Crippen LogP contribution in [0.25, 0.3) is 11.4 Å². The fraction of sp³-hybridized carbons (Fsp3) is 0.118. The van der Waals surface area contributed by atoms with Crippen LogP contribution < -0.4 is 5.32 Å². The Morgan fingerprint density at radius 1 is 1.30 bits per heavy atom. The lowest BCUT2D eigenvalue weighted by atomic mass is 10.1. The van der Waals surface area contributed by atoms with Crippen LogP contribution in [0.1, 0.15) is 29.2 Å². The highest BCUT2D eigenvalue weighted by Crippen LogP contribution is 2.26. The molecule has 1 heterocycles. The van der Waals surface area contributed by atoms with Gasteiger partial charge in [-0.15, -0.1) is 0 Å². The summed E-state index contributed by atoms with van der Waals surface area (Å²) < 4.78 is 18.4. The Hall–Kier alpha value is -3.14. The van der Waals surface area contributed by atoms with Gasteiger partial charge in [0, 0.05) is 17.2 Å². The lowest BCUT2D eigenvalue weighted by Gasteiger charge is -2.09. The second kappa shape index (κ2) is 7.62. The number of carbonyl (C=O) groups is 1. The highest BCUT2D eigenvalue weighted by atomic mass is 79.9. The molecule has 2 aromatic carbocycles. The van der Waals surface area contributed by atoms with Crippen molar-refractivity contribution in [2.75, 3.05) is 0 Å². The minimum absolute atomic E-state index is 0.120. The Morgan fingerprint density at radius 3 is 2.67 bits per heavy atom. The zero-order chi connectivity index (χ0) is 19.6. The molecule has 10 heteroatoms. The summed E-state index contributed by atoms with van der Waals surface area (Å²) in [5, 5.41) is 17.4. The van der Waals surface area contributed by atoms with Gasteiger partial charge in [-0.1, -0.05) is 5.16 Å². The number of carbonyl (C=O) groups excluding carboxylic acids is 1. The summed E-state index contributed by atoms with van der Waals surface area (Å²) in [5.74, 6) is -0.508. The van der Waals surface area contributed by atoms with Crippen molar-refractivity contribution in [1.82, 2.24) is 15.5 Å². The molecule has 0 radical (unpaired) electrons. The number of hydrogen-bond donors (Lipinski definition) is 1. The first-order chi connectivity index (χ1) is 12.8. The molecule has 1 atom stereocenters. The Kier molecular flexibility index (Phi) is 5.26. The standard InChI is InChI=1S/C17H12BrFN4O4/c1-9(17-21-15(22-27-17)10-2-5-12(19)6-3-10)20-16(24)11-4-7-13(18)14(8-11)23(25)26/h2-9H,1H3,(H,20,24). The Bertz CT molecular complexity index is 1010. The van der Waals surface area contributed by atoms with E-state index >= 15 is 0 Å². The van der Waals surface area contributed by atoms with Crippen LogP contribution in [0.3, 0.4) is 0 Å². The predicted molar refractivity (Wildman–Crippen MR) is 96.4 cm³/mol. The molecule has 1 amide bonds. The topological polar surface area (TPSA) is 111 Å². The van der Waals surface area contributed by atoms with Crippen LogP contribution in [-0.4, -0.2) is 21.0 Å². The molecule has 138 valence electrons. The van der Waals surface area contributed by atoms with Gasteiger partial charge in [0.1, 0.15) is 11.9 Å². The summed E-state index contributed by atoms with van der Waals surface area (Å²) in [6.07, 6.45) is 0. The molecule has 3 rings (SSSR count). The number of nitro groups is 1. The molecule has 8 nitrogen and oxygen atoms in total. The van der Waals surface area contributed by atoms with E-state index in [0.29, 0.717) is 5.56 Å². The maximum absolute atomic E-state index is 13.0. The Balaban J connectivity index is 1.75. The van der Waals surface area contributed by atoms with Gasteiger partial charge in [-0.3, -0.25) is 14.9 Å². The Morgan fingerprint density at radius 2 is 2.00 bits per heavy atom.